The van der Waals surface area contributed by atoms with E-state index in [-0.39, 0.29) is 0 Å². The summed E-state index contributed by atoms with van der Waals surface area (Å²) in [5.74, 6) is -1.01. The topological polar surface area (TPSA) is 75.6 Å². The summed E-state index contributed by atoms with van der Waals surface area (Å²) < 4.78 is 5.63. The van der Waals surface area contributed by atoms with Crippen LogP contribution in [0.1, 0.15) is 51.0 Å². The number of aliphatic carboxylic acids is 1. The molecule has 1 fully saturated rings. The van der Waals surface area contributed by atoms with E-state index in [1.807, 2.05) is 37.3 Å². The van der Waals surface area contributed by atoms with Crippen molar-refractivity contribution in [2.24, 2.45) is 0 Å². The average Bonchev–Trinajstić information content (AvgIpc) is 2.50. The molecule has 0 saturated heterocycles. The lowest BCUT2D eigenvalue weighted by Gasteiger charge is -2.41. The van der Waals surface area contributed by atoms with Crippen molar-refractivity contribution in [1.29, 1.82) is 0 Å². The van der Waals surface area contributed by atoms with Crippen LogP contribution in [0.5, 0.6) is 0 Å². The second kappa shape index (κ2) is 7.99. The predicted molar refractivity (Wildman–Crippen MR) is 87.3 cm³/mol. The van der Waals surface area contributed by atoms with E-state index >= 15 is 0 Å². The number of rotatable bonds is 8. The Labute approximate surface area is 137 Å². The number of benzene rings is 1. The number of unbranched alkanes of at least 4 members (excludes halogenated alkanes) is 1. The predicted octanol–water partition coefficient (Wildman–Crippen LogP) is 3.52. The molecule has 1 aromatic rings. The number of carbonyl (C=O) groups is 2. The molecule has 23 heavy (non-hydrogen) atoms. The minimum atomic E-state index is -1.01. The molecular formula is C18H25NO4. The molecule has 1 aliphatic rings. The van der Waals surface area contributed by atoms with Gasteiger partial charge < -0.3 is 15.2 Å². The molecule has 126 valence electrons. The third-order valence-corrected chi connectivity index (χ3v) is 4.38. The molecule has 1 unspecified atom stereocenters. The number of carboxylic acid groups (broad SMARTS) is 1. The summed E-state index contributed by atoms with van der Waals surface area (Å²) in [6.07, 6.45) is 4.79. The van der Waals surface area contributed by atoms with E-state index in [1.165, 1.54) is 0 Å². The molecule has 2 rings (SSSR count). The number of hydrogen-bond acceptors (Lipinski definition) is 3. The van der Waals surface area contributed by atoms with E-state index in [1.54, 1.807) is 0 Å². The van der Waals surface area contributed by atoms with Crippen molar-refractivity contribution in [1.82, 2.24) is 5.32 Å². The zero-order valence-electron chi connectivity index (χ0n) is 13.6. The molecule has 1 aromatic carbocycles. The fourth-order valence-electron chi connectivity index (χ4n) is 2.89. The maximum Gasteiger partial charge on any atom is 0.408 e. The van der Waals surface area contributed by atoms with Crippen molar-refractivity contribution in [2.45, 2.75) is 63.5 Å². The molecule has 0 heterocycles. The van der Waals surface area contributed by atoms with Gasteiger partial charge in [-0.1, -0.05) is 50.1 Å². The highest BCUT2D eigenvalue weighted by Gasteiger charge is 2.41. The standard InChI is InChI=1S/C18H25NO4/c1-2-3-10-15(16(20)21)19-17(22)23-18(11-7-12-18)13-14-8-5-4-6-9-14/h4-6,8-9,15H,2-3,7,10-13H2,1H3,(H,19,22)(H,20,21). The summed E-state index contributed by atoms with van der Waals surface area (Å²) in [6.45, 7) is 1.99. The lowest BCUT2D eigenvalue weighted by atomic mass is 9.76. The van der Waals surface area contributed by atoms with Gasteiger partial charge in [0.1, 0.15) is 11.6 Å². The van der Waals surface area contributed by atoms with Crippen molar-refractivity contribution in [2.75, 3.05) is 0 Å². The molecule has 2 N–H and O–H groups in total. The van der Waals surface area contributed by atoms with Crippen LogP contribution < -0.4 is 5.32 Å². The normalized spacial score (nSPS) is 16.9. The fraction of sp³-hybridized carbons (Fsp3) is 0.556. The minimum absolute atomic E-state index is 0.423. The second-order valence-corrected chi connectivity index (χ2v) is 6.27. The Morgan fingerprint density at radius 2 is 2.00 bits per heavy atom. The molecule has 0 aromatic heterocycles. The molecule has 1 aliphatic carbocycles. The van der Waals surface area contributed by atoms with Crippen LogP contribution in [0.15, 0.2) is 30.3 Å². The summed E-state index contributed by atoms with van der Waals surface area (Å²) >= 11 is 0. The number of carboxylic acids is 1. The van der Waals surface area contributed by atoms with Gasteiger partial charge in [-0.05, 0) is 31.2 Å². The SMILES string of the molecule is CCCCC(NC(=O)OC1(Cc2ccccc2)CCC1)C(=O)O. The highest BCUT2D eigenvalue weighted by atomic mass is 16.6. The van der Waals surface area contributed by atoms with Gasteiger partial charge in [-0.15, -0.1) is 0 Å². The first-order valence-corrected chi connectivity index (χ1v) is 8.31. The van der Waals surface area contributed by atoms with Gasteiger partial charge >= 0.3 is 12.1 Å². The number of alkyl carbamates (subject to hydrolysis) is 1. The number of ether oxygens (including phenoxy) is 1. The lowest BCUT2D eigenvalue weighted by molar-refractivity contribution is -0.139. The smallest absolute Gasteiger partial charge is 0.408 e. The quantitative estimate of drug-likeness (QED) is 0.768. The summed E-state index contributed by atoms with van der Waals surface area (Å²) in [4.78, 5) is 23.3. The third kappa shape index (κ3) is 4.98. The van der Waals surface area contributed by atoms with E-state index in [0.717, 1.165) is 37.7 Å². The molecule has 1 amide bonds. The first kappa shape index (κ1) is 17.3. The Bertz CT molecular complexity index is 525. The van der Waals surface area contributed by atoms with Crippen molar-refractivity contribution >= 4 is 12.1 Å². The van der Waals surface area contributed by atoms with E-state index in [9.17, 15) is 14.7 Å². The van der Waals surface area contributed by atoms with Gasteiger partial charge in [0.25, 0.3) is 0 Å². The maximum absolute atomic E-state index is 12.1. The Morgan fingerprint density at radius 3 is 2.52 bits per heavy atom. The van der Waals surface area contributed by atoms with Crippen molar-refractivity contribution < 1.29 is 19.4 Å². The highest BCUT2D eigenvalue weighted by Crippen LogP contribution is 2.38. The zero-order chi connectivity index (χ0) is 16.7. The van der Waals surface area contributed by atoms with E-state index in [0.29, 0.717) is 12.8 Å². The van der Waals surface area contributed by atoms with Gasteiger partial charge in [0.15, 0.2) is 0 Å². The van der Waals surface area contributed by atoms with Crippen LogP contribution in [0.2, 0.25) is 0 Å². The lowest BCUT2D eigenvalue weighted by Crippen LogP contribution is -2.49. The third-order valence-electron chi connectivity index (χ3n) is 4.38. The number of nitrogens with one attached hydrogen (secondary N) is 1. The van der Waals surface area contributed by atoms with Crippen LogP contribution in [-0.2, 0) is 16.0 Å². The van der Waals surface area contributed by atoms with Gasteiger partial charge in [0.05, 0.1) is 0 Å². The van der Waals surface area contributed by atoms with Gasteiger partial charge in [-0.3, -0.25) is 0 Å². The molecule has 1 atom stereocenters. The highest BCUT2D eigenvalue weighted by molar-refractivity contribution is 5.80. The Balaban J connectivity index is 1.92. The maximum atomic E-state index is 12.1. The molecule has 0 aliphatic heterocycles. The van der Waals surface area contributed by atoms with Crippen LogP contribution in [0.25, 0.3) is 0 Å². The van der Waals surface area contributed by atoms with Gasteiger partial charge in [0.2, 0.25) is 0 Å². The monoisotopic (exact) mass is 319 g/mol. The molecule has 0 radical (unpaired) electrons. The second-order valence-electron chi connectivity index (χ2n) is 6.27. The number of amides is 1. The minimum Gasteiger partial charge on any atom is -0.480 e. The number of carbonyl (C=O) groups excluding carboxylic acids is 1. The Morgan fingerprint density at radius 1 is 1.30 bits per heavy atom. The summed E-state index contributed by atoms with van der Waals surface area (Å²) in [5.41, 5.74) is 0.639. The van der Waals surface area contributed by atoms with Gasteiger partial charge in [-0.2, -0.15) is 0 Å². The molecule has 0 spiro atoms. The van der Waals surface area contributed by atoms with Crippen molar-refractivity contribution in [3.8, 4) is 0 Å². The first-order chi connectivity index (χ1) is 11.0. The average molecular weight is 319 g/mol. The largest absolute Gasteiger partial charge is 0.480 e. The van der Waals surface area contributed by atoms with Crippen LogP contribution in [0.3, 0.4) is 0 Å². The van der Waals surface area contributed by atoms with Crippen LogP contribution >= 0.6 is 0 Å². The molecule has 0 bridgehead atoms. The fourth-order valence-corrected chi connectivity index (χ4v) is 2.89. The summed E-state index contributed by atoms with van der Waals surface area (Å²) in [5, 5.41) is 11.7. The Hall–Kier alpha value is -2.04. The Kier molecular flexibility index (Phi) is 6.02. The first-order valence-electron chi connectivity index (χ1n) is 8.31. The van der Waals surface area contributed by atoms with E-state index in [2.05, 4.69) is 5.32 Å². The van der Waals surface area contributed by atoms with Gasteiger partial charge in [0, 0.05) is 6.42 Å². The van der Waals surface area contributed by atoms with Crippen LogP contribution in [0.4, 0.5) is 4.79 Å². The molecule has 1 saturated carbocycles. The zero-order valence-corrected chi connectivity index (χ0v) is 13.6. The van der Waals surface area contributed by atoms with E-state index < -0.39 is 23.7 Å². The molecule has 5 nitrogen and oxygen atoms in total. The summed E-state index contributed by atoms with van der Waals surface area (Å²) in [6, 6.07) is 9.04. The molecule has 5 heteroatoms. The van der Waals surface area contributed by atoms with E-state index in [4.69, 9.17) is 4.74 Å². The van der Waals surface area contributed by atoms with Crippen molar-refractivity contribution in [3.05, 3.63) is 35.9 Å². The van der Waals surface area contributed by atoms with Crippen molar-refractivity contribution in [3.63, 3.8) is 0 Å². The molecular weight excluding hydrogens is 294 g/mol. The summed E-state index contributed by atoms with van der Waals surface area (Å²) in [7, 11) is 0. The van der Waals surface area contributed by atoms with Crippen LogP contribution in [-0.4, -0.2) is 28.8 Å². The van der Waals surface area contributed by atoms with Crippen LogP contribution in [0, 0.1) is 0 Å². The van der Waals surface area contributed by atoms with Gasteiger partial charge in [-0.25, -0.2) is 9.59 Å². The number of hydrogen-bond donors (Lipinski definition) is 2.